The van der Waals surface area contributed by atoms with E-state index >= 15 is 0 Å². The second-order valence-corrected chi connectivity index (χ2v) is 3.55. The summed E-state index contributed by atoms with van der Waals surface area (Å²) in [5, 5.41) is 0. The van der Waals surface area contributed by atoms with E-state index in [2.05, 4.69) is 4.98 Å². The van der Waals surface area contributed by atoms with Crippen molar-refractivity contribution in [2.45, 2.75) is 19.8 Å². The second kappa shape index (κ2) is 3.25. The minimum Gasteiger partial charge on any atom is -0.440 e. The summed E-state index contributed by atoms with van der Waals surface area (Å²) in [5.74, 6) is 0.977. The Hall–Kier alpha value is -1.64. The van der Waals surface area contributed by atoms with Crippen molar-refractivity contribution in [3.8, 4) is 0 Å². The number of nitrogens with zero attached hydrogens (tertiary/aromatic N) is 1. The Balaban J connectivity index is 2.59. The van der Waals surface area contributed by atoms with Gasteiger partial charge in [-0.2, -0.15) is 0 Å². The van der Waals surface area contributed by atoms with Gasteiger partial charge >= 0.3 is 0 Å². The van der Waals surface area contributed by atoms with Gasteiger partial charge in [0.2, 0.25) is 0 Å². The van der Waals surface area contributed by atoms with Gasteiger partial charge in [0, 0.05) is 11.5 Å². The molecule has 0 bridgehead atoms. The van der Waals surface area contributed by atoms with Gasteiger partial charge in [0.1, 0.15) is 11.8 Å². The minimum atomic E-state index is 0.266. The molecule has 0 aliphatic rings. The van der Waals surface area contributed by atoms with Crippen molar-refractivity contribution < 1.29 is 9.21 Å². The van der Waals surface area contributed by atoms with Crippen molar-refractivity contribution in [2.75, 3.05) is 0 Å². The van der Waals surface area contributed by atoms with Crippen molar-refractivity contribution in [1.82, 2.24) is 4.98 Å². The van der Waals surface area contributed by atoms with Gasteiger partial charge in [-0.1, -0.05) is 13.8 Å². The molecule has 1 aromatic carbocycles. The molecule has 3 nitrogen and oxygen atoms in total. The predicted molar refractivity (Wildman–Crippen MR) is 53.5 cm³/mol. The molecule has 0 aliphatic heterocycles. The fraction of sp³-hybridized carbons (Fsp3) is 0.273. The van der Waals surface area contributed by atoms with E-state index in [1.54, 1.807) is 18.2 Å². The summed E-state index contributed by atoms with van der Waals surface area (Å²) in [7, 11) is 0. The molecule has 1 aromatic heterocycles. The summed E-state index contributed by atoms with van der Waals surface area (Å²) in [6.07, 6.45) is 0.809. The van der Waals surface area contributed by atoms with E-state index in [1.165, 1.54) is 0 Å². The van der Waals surface area contributed by atoms with Crippen LogP contribution in [0.2, 0.25) is 0 Å². The molecule has 0 N–H and O–H groups in total. The Kier molecular flexibility index (Phi) is 2.08. The van der Waals surface area contributed by atoms with Crippen LogP contribution < -0.4 is 0 Å². The average Bonchev–Trinajstić information content (AvgIpc) is 2.59. The van der Waals surface area contributed by atoms with Crippen LogP contribution >= 0.6 is 0 Å². The molecule has 0 saturated heterocycles. The maximum Gasteiger partial charge on any atom is 0.198 e. The number of rotatable bonds is 2. The number of oxazole rings is 1. The SMILES string of the molecule is CC(C)c1nc2cc(C=O)ccc2o1. The number of carbonyl (C=O) groups excluding carboxylic acids is 1. The number of aromatic nitrogens is 1. The van der Waals surface area contributed by atoms with Crippen LogP contribution in [0, 0.1) is 0 Å². The molecule has 2 rings (SSSR count). The van der Waals surface area contributed by atoms with Gasteiger partial charge in [-0.3, -0.25) is 4.79 Å². The van der Waals surface area contributed by atoms with Crippen LogP contribution in [0.5, 0.6) is 0 Å². The molecule has 0 unspecified atom stereocenters. The van der Waals surface area contributed by atoms with Crippen molar-refractivity contribution in [3.05, 3.63) is 29.7 Å². The van der Waals surface area contributed by atoms with E-state index in [1.807, 2.05) is 13.8 Å². The Morgan fingerprint density at radius 3 is 2.86 bits per heavy atom. The number of hydrogen-bond donors (Lipinski definition) is 0. The Morgan fingerprint density at radius 2 is 2.21 bits per heavy atom. The maximum absolute atomic E-state index is 10.5. The first kappa shape index (κ1) is 8.94. The summed E-state index contributed by atoms with van der Waals surface area (Å²) in [4.78, 5) is 14.8. The first-order chi connectivity index (χ1) is 6.70. The third-order valence-corrected chi connectivity index (χ3v) is 2.06. The second-order valence-electron chi connectivity index (χ2n) is 3.55. The number of carbonyl (C=O) groups is 1. The average molecular weight is 189 g/mol. The van der Waals surface area contributed by atoms with E-state index in [4.69, 9.17) is 4.42 Å². The highest BCUT2D eigenvalue weighted by Crippen LogP contribution is 2.21. The maximum atomic E-state index is 10.5. The highest BCUT2D eigenvalue weighted by Gasteiger charge is 2.08. The van der Waals surface area contributed by atoms with Gasteiger partial charge in [-0.15, -0.1) is 0 Å². The third kappa shape index (κ3) is 1.41. The monoisotopic (exact) mass is 189 g/mol. The number of hydrogen-bond acceptors (Lipinski definition) is 3. The Morgan fingerprint density at radius 1 is 1.43 bits per heavy atom. The zero-order valence-electron chi connectivity index (χ0n) is 8.15. The molecule has 0 fully saturated rings. The lowest BCUT2D eigenvalue weighted by Crippen LogP contribution is -1.84. The van der Waals surface area contributed by atoms with Crippen LogP contribution in [0.1, 0.15) is 36.0 Å². The van der Waals surface area contributed by atoms with E-state index in [0.717, 1.165) is 17.4 Å². The molecule has 0 aliphatic carbocycles. The number of aldehydes is 1. The Bertz CT molecular complexity index is 471. The van der Waals surface area contributed by atoms with E-state index in [-0.39, 0.29) is 5.92 Å². The lowest BCUT2D eigenvalue weighted by Gasteiger charge is -1.93. The van der Waals surface area contributed by atoms with Crippen molar-refractivity contribution in [3.63, 3.8) is 0 Å². The molecule has 0 atom stereocenters. The zero-order chi connectivity index (χ0) is 10.1. The first-order valence-corrected chi connectivity index (χ1v) is 4.56. The normalized spacial score (nSPS) is 11.1. The van der Waals surface area contributed by atoms with Crippen LogP contribution in [0.15, 0.2) is 22.6 Å². The van der Waals surface area contributed by atoms with Gasteiger partial charge in [0.05, 0.1) is 0 Å². The van der Waals surface area contributed by atoms with Crippen LogP contribution in [-0.2, 0) is 0 Å². The predicted octanol–water partition coefficient (Wildman–Crippen LogP) is 2.76. The van der Waals surface area contributed by atoms with Gasteiger partial charge in [0.25, 0.3) is 0 Å². The summed E-state index contributed by atoms with van der Waals surface area (Å²) in [6, 6.07) is 5.24. The molecule has 3 heteroatoms. The number of benzene rings is 1. The molecule has 72 valence electrons. The van der Waals surface area contributed by atoms with E-state index < -0.39 is 0 Å². The summed E-state index contributed by atoms with van der Waals surface area (Å²) in [5.41, 5.74) is 2.11. The molecule has 0 saturated carbocycles. The van der Waals surface area contributed by atoms with Gasteiger partial charge in [-0.25, -0.2) is 4.98 Å². The van der Waals surface area contributed by atoms with Gasteiger partial charge in [0.15, 0.2) is 11.5 Å². The van der Waals surface area contributed by atoms with Crippen molar-refractivity contribution >= 4 is 17.4 Å². The molecular formula is C11H11NO2. The fourth-order valence-electron chi connectivity index (χ4n) is 1.28. The quantitative estimate of drug-likeness (QED) is 0.682. The molecule has 0 amide bonds. The fourth-order valence-corrected chi connectivity index (χ4v) is 1.28. The van der Waals surface area contributed by atoms with Gasteiger partial charge in [-0.05, 0) is 18.2 Å². The molecule has 1 heterocycles. The lowest BCUT2D eigenvalue weighted by atomic mass is 10.2. The zero-order valence-corrected chi connectivity index (χ0v) is 8.15. The molecular weight excluding hydrogens is 178 g/mol. The lowest BCUT2D eigenvalue weighted by molar-refractivity contribution is 0.112. The van der Waals surface area contributed by atoms with Gasteiger partial charge < -0.3 is 4.42 Å². The largest absolute Gasteiger partial charge is 0.440 e. The highest BCUT2D eigenvalue weighted by atomic mass is 16.3. The number of fused-ring (bicyclic) bond motifs is 1. The van der Waals surface area contributed by atoms with Crippen LogP contribution in [0.3, 0.4) is 0 Å². The first-order valence-electron chi connectivity index (χ1n) is 4.56. The standard InChI is InChI=1S/C11H11NO2/c1-7(2)11-12-9-5-8(6-13)3-4-10(9)14-11/h3-7H,1-2H3. The third-order valence-electron chi connectivity index (χ3n) is 2.06. The van der Waals surface area contributed by atoms with Crippen LogP contribution in [0.25, 0.3) is 11.1 Å². The van der Waals surface area contributed by atoms with E-state index in [9.17, 15) is 4.79 Å². The topological polar surface area (TPSA) is 43.1 Å². The molecule has 0 spiro atoms. The summed E-state index contributed by atoms with van der Waals surface area (Å²) < 4.78 is 5.50. The summed E-state index contributed by atoms with van der Waals surface area (Å²) in [6.45, 7) is 4.04. The highest BCUT2D eigenvalue weighted by molar-refractivity contribution is 5.83. The molecule has 0 radical (unpaired) electrons. The van der Waals surface area contributed by atoms with Crippen molar-refractivity contribution in [1.29, 1.82) is 0 Å². The van der Waals surface area contributed by atoms with Crippen LogP contribution in [0.4, 0.5) is 0 Å². The van der Waals surface area contributed by atoms with E-state index in [0.29, 0.717) is 11.5 Å². The molecule has 2 aromatic rings. The van der Waals surface area contributed by atoms with Crippen molar-refractivity contribution in [2.24, 2.45) is 0 Å². The molecule has 14 heavy (non-hydrogen) atoms. The van der Waals surface area contributed by atoms with Crippen LogP contribution in [-0.4, -0.2) is 11.3 Å². The smallest absolute Gasteiger partial charge is 0.198 e. The minimum absolute atomic E-state index is 0.266. The summed E-state index contributed by atoms with van der Waals surface area (Å²) >= 11 is 0. The Labute approximate surface area is 81.7 Å².